The molecule has 106 valence electrons. The van der Waals surface area contributed by atoms with Crippen molar-refractivity contribution in [2.75, 3.05) is 0 Å². The highest BCUT2D eigenvalue weighted by Gasteiger charge is 2.10. The van der Waals surface area contributed by atoms with Gasteiger partial charge in [-0.15, -0.1) is 0 Å². The SMILES string of the molecule is Cc1noc(CCCC(=O)N[C@H](C)c2cccnc2)n1. The van der Waals surface area contributed by atoms with Crippen molar-refractivity contribution in [3.63, 3.8) is 0 Å². The van der Waals surface area contributed by atoms with Crippen molar-refractivity contribution in [1.82, 2.24) is 20.4 Å². The summed E-state index contributed by atoms with van der Waals surface area (Å²) in [5, 5.41) is 6.65. The van der Waals surface area contributed by atoms with Gasteiger partial charge < -0.3 is 9.84 Å². The van der Waals surface area contributed by atoms with Crippen molar-refractivity contribution >= 4 is 5.91 Å². The maximum atomic E-state index is 11.8. The lowest BCUT2D eigenvalue weighted by atomic mass is 10.1. The zero-order valence-corrected chi connectivity index (χ0v) is 11.7. The van der Waals surface area contributed by atoms with Gasteiger partial charge in [-0.2, -0.15) is 4.98 Å². The summed E-state index contributed by atoms with van der Waals surface area (Å²) >= 11 is 0. The molecule has 1 N–H and O–H groups in total. The zero-order chi connectivity index (χ0) is 14.4. The fourth-order valence-corrected chi connectivity index (χ4v) is 1.87. The first-order valence-electron chi connectivity index (χ1n) is 6.63. The predicted molar refractivity (Wildman–Crippen MR) is 72.8 cm³/mol. The van der Waals surface area contributed by atoms with Gasteiger partial charge in [-0.25, -0.2) is 0 Å². The van der Waals surface area contributed by atoms with Gasteiger partial charge in [-0.3, -0.25) is 9.78 Å². The number of aryl methyl sites for hydroxylation is 2. The standard InChI is InChI=1S/C14H18N4O2/c1-10(12-5-4-8-15-9-12)16-13(19)6-3-7-14-17-11(2)18-20-14/h4-5,8-10H,3,6-7H2,1-2H3,(H,16,19)/t10-/m1/s1. The van der Waals surface area contributed by atoms with Crippen LogP contribution in [0.3, 0.4) is 0 Å². The molecule has 2 heterocycles. The summed E-state index contributed by atoms with van der Waals surface area (Å²) in [7, 11) is 0. The number of carbonyl (C=O) groups is 1. The smallest absolute Gasteiger partial charge is 0.226 e. The summed E-state index contributed by atoms with van der Waals surface area (Å²) in [5.74, 6) is 1.21. The molecule has 0 unspecified atom stereocenters. The number of amides is 1. The van der Waals surface area contributed by atoms with Gasteiger partial charge in [-0.1, -0.05) is 11.2 Å². The van der Waals surface area contributed by atoms with E-state index in [-0.39, 0.29) is 11.9 Å². The van der Waals surface area contributed by atoms with Crippen LogP contribution in [-0.2, 0) is 11.2 Å². The summed E-state index contributed by atoms with van der Waals surface area (Å²) < 4.78 is 5.00. The van der Waals surface area contributed by atoms with E-state index in [9.17, 15) is 4.79 Å². The molecule has 6 nitrogen and oxygen atoms in total. The van der Waals surface area contributed by atoms with E-state index in [0.29, 0.717) is 31.0 Å². The van der Waals surface area contributed by atoms with Crippen molar-refractivity contribution in [3.05, 3.63) is 41.8 Å². The maximum absolute atomic E-state index is 11.8. The van der Waals surface area contributed by atoms with Crippen LogP contribution < -0.4 is 5.32 Å². The third kappa shape index (κ3) is 4.15. The Bertz CT molecular complexity index is 553. The number of hydrogen-bond acceptors (Lipinski definition) is 5. The summed E-state index contributed by atoms with van der Waals surface area (Å²) in [6, 6.07) is 3.76. The van der Waals surface area contributed by atoms with Crippen LogP contribution in [0.1, 0.15) is 43.1 Å². The lowest BCUT2D eigenvalue weighted by Crippen LogP contribution is -2.26. The van der Waals surface area contributed by atoms with Crippen LogP contribution >= 0.6 is 0 Å². The lowest BCUT2D eigenvalue weighted by molar-refractivity contribution is -0.121. The average Bonchev–Trinajstić information content (AvgIpc) is 2.85. The molecule has 0 bridgehead atoms. The van der Waals surface area contributed by atoms with E-state index >= 15 is 0 Å². The third-order valence-electron chi connectivity index (χ3n) is 2.93. The molecule has 0 aliphatic carbocycles. The predicted octanol–water partition coefficient (Wildman–Crippen LogP) is 1.97. The van der Waals surface area contributed by atoms with Crippen LogP contribution in [0, 0.1) is 6.92 Å². The number of pyridine rings is 1. The molecule has 0 aliphatic heterocycles. The molecule has 0 radical (unpaired) electrons. The van der Waals surface area contributed by atoms with Crippen LogP contribution in [0.4, 0.5) is 0 Å². The molecule has 0 saturated carbocycles. The number of rotatable bonds is 6. The average molecular weight is 274 g/mol. The fourth-order valence-electron chi connectivity index (χ4n) is 1.87. The van der Waals surface area contributed by atoms with E-state index in [0.717, 1.165) is 5.56 Å². The van der Waals surface area contributed by atoms with Crippen molar-refractivity contribution in [3.8, 4) is 0 Å². The van der Waals surface area contributed by atoms with Crippen molar-refractivity contribution in [1.29, 1.82) is 0 Å². The second kappa shape index (κ2) is 6.79. The first-order chi connectivity index (χ1) is 9.65. The molecule has 6 heteroatoms. The Hall–Kier alpha value is -2.24. The number of nitrogens with one attached hydrogen (secondary N) is 1. The van der Waals surface area contributed by atoms with Gasteiger partial charge in [0.05, 0.1) is 6.04 Å². The minimum absolute atomic E-state index is 0.0117. The molecule has 0 fully saturated rings. The number of hydrogen-bond donors (Lipinski definition) is 1. The Morgan fingerprint density at radius 3 is 3.00 bits per heavy atom. The normalized spacial score (nSPS) is 12.1. The summed E-state index contributed by atoms with van der Waals surface area (Å²) in [4.78, 5) is 20.0. The molecule has 20 heavy (non-hydrogen) atoms. The van der Waals surface area contributed by atoms with Gasteiger partial charge >= 0.3 is 0 Å². The maximum Gasteiger partial charge on any atom is 0.226 e. The Labute approximate surface area is 117 Å². The minimum atomic E-state index is -0.0400. The first kappa shape index (κ1) is 14.2. The van der Waals surface area contributed by atoms with Crippen LogP contribution in [0.15, 0.2) is 29.0 Å². The van der Waals surface area contributed by atoms with Crippen LogP contribution in [-0.4, -0.2) is 21.0 Å². The Kier molecular flexibility index (Phi) is 4.81. The molecule has 2 aromatic rings. The molecular weight excluding hydrogens is 256 g/mol. The van der Waals surface area contributed by atoms with Crippen molar-refractivity contribution in [2.24, 2.45) is 0 Å². The lowest BCUT2D eigenvalue weighted by Gasteiger charge is -2.13. The Morgan fingerprint density at radius 2 is 2.35 bits per heavy atom. The van der Waals surface area contributed by atoms with Gasteiger partial charge in [-0.05, 0) is 31.9 Å². The van der Waals surface area contributed by atoms with Gasteiger partial charge in [0.2, 0.25) is 11.8 Å². The van der Waals surface area contributed by atoms with Crippen molar-refractivity contribution in [2.45, 2.75) is 39.2 Å². The number of carbonyl (C=O) groups excluding carboxylic acids is 1. The molecule has 1 atom stereocenters. The summed E-state index contributed by atoms with van der Waals surface area (Å²) in [5.41, 5.74) is 0.994. The van der Waals surface area contributed by atoms with Gasteiger partial charge in [0.1, 0.15) is 0 Å². The molecule has 0 spiro atoms. The van der Waals surface area contributed by atoms with E-state index < -0.39 is 0 Å². The largest absolute Gasteiger partial charge is 0.350 e. The quantitative estimate of drug-likeness (QED) is 0.871. The second-order valence-electron chi connectivity index (χ2n) is 4.66. The minimum Gasteiger partial charge on any atom is -0.350 e. The highest BCUT2D eigenvalue weighted by molar-refractivity contribution is 5.76. The van der Waals surface area contributed by atoms with Gasteiger partial charge in [0.25, 0.3) is 0 Å². The van der Waals surface area contributed by atoms with E-state index in [1.165, 1.54) is 0 Å². The van der Waals surface area contributed by atoms with E-state index in [2.05, 4.69) is 20.4 Å². The molecule has 2 aromatic heterocycles. The monoisotopic (exact) mass is 274 g/mol. The Morgan fingerprint density at radius 1 is 1.50 bits per heavy atom. The first-order valence-corrected chi connectivity index (χ1v) is 6.63. The number of nitrogens with zero attached hydrogens (tertiary/aromatic N) is 3. The molecule has 0 aliphatic rings. The van der Waals surface area contributed by atoms with E-state index in [1.54, 1.807) is 19.3 Å². The third-order valence-corrected chi connectivity index (χ3v) is 2.93. The molecule has 1 amide bonds. The number of aromatic nitrogens is 3. The topological polar surface area (TPSA) is 80.9 Å². The fraction of sp³-hybridized carbons (Fsp3) is 0.429. The highest BCUT2D eigenvalue weighted by atomic mass is 16.5. The highest BCUT2D eigenvalue weighted by Crippen LogP contribution is 2.10. The van der Waals surface area contributed by atoms with Crippen LogP contribution in [0.2, 0.25) is 0 Å². The van der Waals surface area contributed by atoms with Crippen LogP contribution in [0.5, 0.6) is 0 Å². The summed E-state index contributed by atoms with van der Waals surface area (Å²) in [6.07, 6.45) is 5.21. The molecule has 0 aromatic carbocycles. The Balaban J connectivity index is 1.73. The van der Waals surface area contributed by atoms with Gasteiger partial charge in [0, 0.05) is 25.2 Å². The van der Waals surface area contributed by atoms with E-state index in [4.69, 9.17) is 4.52 Å². The summed E-state index contributed by atoms with van der Waals surface area (Å²) in [6.45, 7) is 3.71. The molecule has 0 saturated heterocycles. The molecule has 2 rings (SSSR count). The van der Waals surface area contributed by atoms with Crippen molar-refractivity contribution < 1.29 is 9.32 Å². The second-order valence-corrected chi connectivity index (χ2v) is 4.66. The van der Waals surface area contributed by atoms with E-state index in [1.807, 2.05) is 19.1 Å². The van der Waals surface area contributed by atoms with Gasteiger partial charge in [0.15, 0.2) is 5.82 Å². The molecular formula is C14H18N4O2. The zero-order valence-electron chi connectivity index (χ0n) is 11.7. The van der Waals surface area contributed by atoms with Crippen LogP contribution in [0.25, 0.3) is 0 Å².